The Balaban J connectivity index is 1.92. The Labute approximate surface area is 142 Å². The highest BCUT2D eigenvalue weighted by Crippen LogP contribution is 2.31. The van der Waals surface area contributed by atoms with E-state index >= 15 is 0 Å². The van der Waals surface area contributed by atoms with Gasteiger partial charge < -0.3 is 10.2 Å². The summed E-state index contributed by atoms with van der Waals surface area (Å²) in [6.07, 6.45) is 3.45. The van der Waals surface area contributed by atoms with Crippen molar-refractivity contribution in [2.75, 3.05) is 18.0 Å². The SMILES string of the molecule is CCC(=O)N[C@@H]1CN(c2c(F)cc(C#N)cc2F)C[C@@H]1n1ccnn1. The van der Waals surface area contributed by atoms with Gasteiger partial charge in [0.05, 0.1) is 29.9 Å². The highest BCUT2D eigenvalue weighted by atomic mass is 19.1. The first kappa shape index (κ1) is 16.8. The number of carbonyl (C=O) groups is 1. The van der Waals surface area contributed by atoms with Crippen molar-refractivity contribution in [3.63, 3.8) is 0 Å². The summed E-state index contributed by atoms with van der Waals surface area (Å²) in [6.45, 7) is 2.19. The van der Waals surface area contributed by atoms with Crippen LogP contribution < -0.4 is 10.2 Å². The third-order valence-corrected chi connectivity index (χ3v) is 4.20. The number of hydrogen-bond acceptors (Lipinski definition) is 5. The maximum absolute atomic E-state index is 14.3. The minimum absolute atomic E-state index is 0.0818. The molecule has 0 aliphatic carbocycles. The first-order valence-electron chi connectivity index (χ1n) is 7.82. The molecular formula is C16H16F2N6O. The maximum atomic E-state index is 14.3. The molecule has 0 saturated carbocycles. The van der Waals surface area contributed by atoms with E-state index in [4.69, 9.17) is 5.26 Å². The quantitative estimate of drug-likeness (QED) is 0.904. The van der Waals surface area contributed by atoms with E-state index in [1.54, 1.807) is 23.9 Å². The molecule has 1 saturated heterocycles. The summed E-state index contributed by atoms with van der Waals surface area (Å²) in [5, 5.41) is 19.4. The number of carbonyl (C=O) groups excluding carboxylic acids is 1. The van der Waals surface area contributed by atoms with Crippen molar-refractivity contribution in [3.8, 4) is 6.07 Å². The molecule has 1 aliphatic heterocycles. The molecular weight excluding hydrogens is 330 g/mol. The summed E-state index contributed by atoms with van der Waals surface area (Å²) >= 11 is 0. The van der Waals surface area contributed by atoms with Crippen LogP contribution in [0.5, 0.6) is 0 Å². The van der Waals surface area contributed by atoms with Gasteiger partial charge in [-0.3, -0.25) is 4.79 Å². The van der Waals surface area contributed by atoms with Gasteiger partial charge in [-0.2, -0.15) is 5.26 Å². The Bertz CT molecular complexity index is 794. The highest BCUT2D eigenvalue weighted by molar-refractivity contribution is 5.76. The second-order valence-electron chi connectivity index (χ2n) is 5.78. The fourth-order valence-corrected chi connectivity index (χ4v) is 3.01. The summed E-state index contributed by atoms with van der Waals surface area (Å²) in [7, 11) is 0. The Morgan fingerprint density at radius 1 is 1.40 bits per heavy atom. The molecule has 9 heteroatoms. The topological polar surface area (TPSA) is 86.8 Å². The van der Waals surface area contributed by atoms with Crippen molar-refractivity contribution in [3.05, 3.63) is 41.7 Å². The van der Waals surface area contributed by atoms with Crippen LogP contribution in [0.3, 0.4) is 0 Å². The lowest BCUT2D eigenvalue weighted by Crippen LogP contribution is -2.41. The van der Waals surface area contributed by atoms with Crippen LogP contribution in [0.4, 0.5) is 14.5 Å². The lowest BCUT2D eigenvalue weighted by atomic mass is 10.1. The van der Waals surface area contributed by atoms with Gasteiger partial charge in [-0.05, 0) is 12.1 Å². The third kappa shape index (κ3) is 3.28. The summed E-state index contributed by atoms with van der Waals surface area (Å²) < 4.78 is 30.2. The Morgan fingerprint density at radius 2 is 2.12 bits per heavy atom. The van der Waals surface area contributed by atoms with Gasteiger partial charge >= 0.3 is 0 Å². The van der Waals surface area contributed by atoms with Gasteiger partial charge in [-0.1, -0.05) is 12.1 Å². The lowest BCUT2D eigenvalue weighted by molar-refractivity contribution is -0.121. The van der Waals surface area contributed by atoms with Gasteiger partial charge in [0.2, 0.25) is 5.91 Å². The van der Waals surface area contributed by atoms with E-state index < -0.39 is 11.6 Å². The van der Waals surface area contributed by atoms with Crippen molar-refractivity contribution in [2.24, 2.45) is 0 Å². The predicted molar refractivity (Wildman–Crippen MR) is 84.6 cm³/mol. The van der Waals surface area contributed by atoms with Crippen LogP contribution in [0.1, 0.15) is 24.9 Å². The molecule has 1 N–H and O–H groups in total. The largest absolute Gasteiger partial charge is 0.362 e. The second-order valence-corrected chi connectivity index (χ2v) is 5.78. The summed E-state index contributed by atoms with van der Waals surface area (Å²) in [4.78, 5) is 13.3. The van der Waals surface area contributed by atoms with Crippen LogP contribution >= 0.6 is 0 Å². The van der Waals surface area contributed by atoms with E-state index in [1.165, 1.54) is 11.1 Å². The zero-order valence-corrected chi connectivity index (χ0v) is 13.5. The summed E-state index contributed by atoms with van der Waals surface area (Å²) in [6, 6.07) is 3.04. The van der Waals surface area contributed by atoms with Crippen molar-refractivity contribution >= 4 is 11.6 Å². The van der Waals surface area contributed by atoms with E-state index in [1.807, 2.05) is 0 Å². The number of halogens is 2. The average Bonchev–Trinajstić information content (AvgIpc) is 3.23. The van der Waals surface area contributed by atoms with E-state index in [2.05, 4.69) is 15.6 Å². The monoisotopic (exact) mass is 346 g/mol. The van der Waals surface area contributed by atoms with E-state index in [0.29, 0.717) is 6.42 Å². The van der Waals surface area contributed by atoms with Gasteiger partial charge in [0.15, 0.2) is 11.6 Å². The van der Waals surface area contributed by atoms with Crippen molar-refractivity contribution in [2.45, 2.75) is 25.4 Å². The predicted octanol–water partition coefficient (Wildman–Crippen LogP) is 1.38. The van der Waals surface area contributed by atoms with E-state index in [0.717, 1.165) is 12.1 Å². The number of aromatic nitrogens is 3. The van der Waals surface area contributed by atoms with Crippen LogP contribution in [0, 0.1) is 23.0 Å². The molecule has 1 aromatic heterocycles. The first-order chi connectivity index (χ1) is 12.0. The Morgan fingerprint density at radius 3 is 2.68 bits per heavy atom. The molecule has 7 nitrogen and oxygen atoms in total. The highest BCUT2D eigenvalue weighted by Gasteiger charge is 2.37. The molecule has 25 heavy (non-hydrogen) atoms. The fourth-order valence-electron chi connectivity index (χ4n) is 3.01. The molecule has 2 heterocycles. The molecule has 1 aliphatic rings. The minimum Gasteiger partial charge on any atom is -0.362 e. The maximum Gasteiger partial charge on any atom is 0.220 e. The zero-order valence-electron chi connectivity index (χ0n) is 13.5. The van der Waals surface area contributed by atoms with Gasteiger partial charge in [0.25, 0.3) is 0 Å². The zero-order chi connectivity index (χ0) is 18.0. The van der Waals surface area contributed by atoms with Crippen molar-refractivity contribution < 1.29 is 13.6 Å². The van der Waals surface area contributed by atoms with Crippen LogP contribution in [0.2, 0.25) is 0 Å². The minimum atomic E-state index is -0.809. The van der Waals surface area contributed by atoms with E-state index in [9.17, 15) is 13.6 Å². The molecule has 0 spiro atoms. The summed E-state index contributed by atoms with van der Waals surface area (Å²) in [5.41, 5.74) is -0.293. The molecule has 0 unspecified atom stereocenters. The molecule has 1 amide bonds. The molecule has 0 radical (unpaired) electrons. The lowest BCUT2D eigenvalue weighted by Gasteiger charge is -2.20. The number of hydrogen-bond donors (Lipinski definition) is 1. The van der Waals surface area contributed by atoms with Crippen molar-refractivity contribution in [1.82, 2.24) is 20.3 Å². The normalized spacial score (nSPS) is 19.7. The van der Waals surface area contributed by atoms with Gasteiger partial charge in [0, 0.05) is 25.7 Å². The number of nitriles is 1. The number of benzene rings is 1. The smallest absolute Gasteiger partial charge is 0.220 e. The van der Waals surface area contributed by atoms with Crippen LogP contribution in [0.25, 0.3) is 0 Å². The first-order valence-corrected chi connectivity index (χ1v) is 7.82. The van der Waals surface area contributed by atoms with Gasteiger partial charge in [-0.15, -0.1) is 5.10 Å². The number of amides is 1. The van der Waals surface area contributed by atoms with Crippen LogP contribution in [0.15, 0.2) is 24.5 Å². The van der Waals surface area contributed by atoms with Crippen LogP contribution in [-0.2, 0) is 4.79 Å². The Hall–Kier alpha value is -3.02. The molecule has 1 aromatic carbocycles. The number of nitrogens with one attached hydrogen (secondary N) is 1. The number of rotatable bonds is 4. The molecule has 3 rings (SSSR count). The van der Waals surface area contributed by atoms with Gasteiger partial charge in [0.1, 0.15) is 5.69 Å². The Kier molecular flexibility index (Phi) is 4.61. The molecule has 1 fully saturated rings. The average molecular weight is 346 g/mol. The molecule has 0 bridgehead atoms. The number of nitrogens with zero attached hydrogens (tertiary/aromatic N) is 5. The van der Waals surface area contributed by atoms with Crippen molar-refractivity contribution in [1.29, 1.82) is 5.26 Å². The second kappa shape index (κ2) is 6.84. The molecule has 130 valence electrons. The van der Waals surface area contributed by atoms with Crippen LogP contribution in [-0.4, -0.2) is 40.0 Å². The van der Waals surface area contributed by atoms with E-state index in [-0.39, 0.29) is 42.3 Å². The standard InChI is InChI=1S/C16H16F2N6O/c1-2-15(25)21-13-8-23(9-14(13)24-4-3-20-22-24)16-11(17)5-10(7-19)6-12(16)18/h3-6,13-14H,2,8-9H2,1H3,(H,21,25)/t13-,14+/m1/s1. The van der Waals surface area contributed by atoms with Gasteiger partial charge in [-0.25, -0.2) is 13.5 Å². The fraction of sp³-hybridized carbons (Fsp3) is 0.375. The third-order valence-electron chi connectivity index (χ3n) is 4.20. The summed E-state index contributed by atoms with van der Waals surface area (Å²) in [5.74, 6) is -1.77. The molecule has 2 atom stereocenters. The molecule has 2 aromatic rings. The number of anilines is 1.